The summed E-state index contributed by atoms with van der Waals surface area (Å²) >= 11 is 6.02. The molecular weight excluding hydrogens is 286 g/mol. The first-order valence-corrected chi connectivity index (χ1v) is 6.94. The lowest BCUT2D eigenvalue weighted by molar-refractivity contribution is 0.103. The maximum absolute atomic E-state index is 12.8. The van der Waals surface area contributed by atoms with Gasteiger partial charge in [-0.05, 0) is 23.8 Å². The van der Waals surface area contributed by atoms with E-state index in [9.17, 15) is 9.59 Å². The number of carbonyl (C=O) groups is 1. The molecule has 2 aromatic carbocycles. The van der Waals surface area contributed by atoms with E-state index in [2.05, 4.69) is 0 Å². The number of aromatic nitrogens is 1. The summed E-state index contributed by atoms with van der Waals surface area (Å²) < 4.78 is 1.76. The maximum Gasteiger partial charge on any atom is 0.210 e. The highest BCUT2D eigenvalue weighted by atomic mass is 35.5. The van der Waals surface area contributed by atoms with Crippen molar-refractivity contribution in [3.63, 3.8) is 0 Å². The molecule has 0 atom stereocenters. The molecule has 0 bridgehead atoms. The number of rotatable bonds is 0. The van der Waals surface area contributed by atoms with Crippen LogP contribution in [0.5, 0.6) is 0 Å². The average Bonchev–Trinajstić information content (AvgIpc) is 2.79. The van der Waals surface area contributed by atoms with Gasteiger partial charge in [-0.15, -0.1) is 0 Å². The van der Waals surface area contributed by atoms with Crippen LogP contribution in [0.3, 0.4) is 0 Å². The van der Waals surface area contributed by atoms with Gasteiger partial charge in [-0.25, -0.2) is 0 Å². The van der Waals surface area contributed by atoms with Crippen molar-refractivity contribution < 1.29 is 4.79 Å². The van der Waals surface area contributed by atoms with Crippen LogP contribution in [-0.2, 0) is 7.05 Å². The molecular formula is C17H10ClNO2. The minimum Gasteiger partial charge on any atom is -0.340 e. The van der Waals surface area contributed by atoms with E-state index in [1.807, 2.05) is 18.2 Å². The fourth-order valence-corrected chi connectivity index (χ4v) is 3.21. The SMILES string of the molecule is Cn1c2c(c(=O)c3ccc(Cl)cc31)-c1ccccc1C2=O. The lowest BCUT2D eigenvalue weighted by atomic mass is 10.0. The fraction of sp³-hybridized carbons (Fsp3) is 0.0588. The molecule has 3 aromatic rings. The van der Waals surface area contributed by atoms with Crippen molar-refractivity contribution >= 4 is 28.3 Å². The normalized spacial score (nSPS) is 12.6. The van der Waals surface area contributed by atoms with Crippen molar-refractivity contribution in [3.8, 4) is 11.1 Å². The van der Waals surface area contributed by atoms with E-state index >= 15 is 0 Å². The topological polar surface area (TPSA) is 39.1 Å². The maximum atomic E-state index is 12.8. The molecule has 0 saturated heterocycles. The van der Waals surface area contributed by atoms with Gasteiger partial charge in [0, 0.05) is 23.0 Å². The van der Waals surface area contributed by atoms with E-state index in [0.29, 0.717) is 32.7 Å². The molecule has 21 heavy (non-hydrogen) atoms. The minimum absolute atomic E-state index is 0.109. The summed E-state index contributed by atoms with van der Waals surface area (Å²) in [6.07, 6.45) is 0. The first kappa shape index (κ1) is 12.4. The first-order valence-electron chi connectivity index (χ1n) is 6.56. The molecule has 0 radical (unpaired) electrons. The van der Waals surface area contributed by atoms with E-state index < -0.39 is 0 Å². The molecule has 0 saturated carbocycles. The second-order valence-corrected chi connectivity index (χ2v) is 5.58. The van der Waals surface area contributed by atoms with Crippen LogP contribution in [-0.4, -0.2) is 10.4 Å². The Morgan fingerprint density at radius 2 is 1.71 bits per heavy atom. The third-order valence-corrected chi connectivity index (χ3v) is 4.26. The highest BCUT2D eigenvalue weighted by Crippen LogP contribution is 2.35. The zero-order valence-electron chi connectivity index (χ0n) is 11.2. The van der Waals surface area contributed by atoms with Crippen LogP contribution in [0, 0.1) is 0 Å². The van der Waals surface area contributed by atoms with Gasteiger partial charge >= 0.3 is 0 Å². The molecule has 1 aliphatic rings. The zero-order chi connectivity index (χ0) is 14.7. The van der Waals surface area contributed by atoms with Gasteiger partial charge in [0.05, 0.1) is 11.1 Å². The molecule has 0 aliphatic heterocycles. The Hall–Kier alpha value is -2.39. The number of hydrogen-bond donors (Lipinski definition) is 0. The van der Waals surface area contributed by atoms with Crippen LogP contribution in [0.4, 0.5) is 0 Å². The number of halogens is 1. The second kappa shape index (κ2) is 4.06. The molecule has 4 heteroatoms. The molecule has 0 fully saturated rings. The minimum atomic E-state index is -0.118. The lowest BCUT2D eigenvalue weighted by Crippen LogP contribution is -2.15. The Morgan fingerprint density at radius 3 is 2.48 bits per heavy atom. The highest BCUT2D eigenvalue weighted by molar-refractivity contribution is 6.31. The Balaban J connectivity index is 2.26. The van der Waals surface area contributed by atoms with Crippen molar-refractivity contribution in [2.24, 2.45) is 7.05 Å². The third-order valence-electron chi connectivity index (χ3n) is 4.02. The molecule has 1 heterocycles. The average molecular weight is 296 g/mol. The summed E-state index contributed by atoms with van der Waals surface area (Å²) in [5.41, 5.74) is 2.79. The van der Waals surface area contributed by atoms with E-state index in [4.69, 9.17) is 11.6 Å². The summed E-state index contributed by atoms with van der Waals surface area (Å²) in [6.45, 7) is 0. The predicted octanol–water partition coefficient (Wildman–Crippen LogP) is 3.40. The van der Waals surface area contributed by atoms with Crippen LogP contribution in [0.15, 0.2) is 47.3 Å². The van der Waals surface area contributed by atoms with Gasteiger partial charge in [0.25, 0.3) is 0 Å². The van der Waals surface area contributed by atoms with Crippen molar-refractivity contribution in [1.29, 1.82) is 0 Å². The molecule has 102 valence electrons. The summed E-state index contributed by atoms with van der Waals surface area (Å²) in [7, 11) is 1.79. The van der Waals surface area contributed by atoms with Crippen molar-refractivity contribution in [1.82, 2.24) is 4.57 Å². The van der Waals surface area contributed by atoms with Crippen molar-refractivity contribution in [2.45, 2.75) is 0 Å². The summed E-state index contributed by atoms with van der Waals surface area (Å²) in [4.78, 5) is 25.4. The number of aryl methyl sites for hydroxylation is 1. The van der Waals surface area contributed by atoms with Crippen LogP contribution in [0.25, 0.3) is 22.0 Å². The number of nitrogens with zero attached hydrogens (tertiary/aromatic N) is 1. The number of fused-ring (bicyclic) bond motifs is 4. The van der Waals surface area contributed by atoms with Gasteiger partial charge in [-0.1, -0.05) is 35.9 Å². The van der Waals surface area contributed by atoms with Gasteiger partial charge < -0.3 is 4.57 Å². The number of pyridine rings is 1. The van der Waals surface area contributed by atoms with Crippen LogP contribution in [0.2, 0.25) is 5.02 Å². The summed E-state index contributed by atoms with van der Waals surface area (Å²) in [6, 6.07) is 12.4. The molecule has 1 aromatic heterocycles. The largest absolute Gasteiger partial charge is 0.340 e. The Bertz CT molecular complexity index is 1000. The van der Waals surface area contributed by atoms with Gasteiger partial charge in [-0.2, -0.15) is 0 Å². The van der Waals surface area contributed by atoms with Crippen LogP contribution in [0.1, 0.15) is 16.1 Å². The standard InChI is InChI=1S/C17H10ClNO2/c1-19-13-8-9(18)6-7-12(13)16(20)14-10-4-2-3-5-11(10)17(21)15(14)19/h2-8H,1H3. The van der Waals surface area contributed by atoms with Crippen molar-refractivity contribution in [3.05, 3.63) is 69.0 Å². The molecule has 0 N–H and O–H groups in total. The molecule has 0 amide bonds. The summed E-state index contributed by atoms with van der Waals surface area (Å²) in [5, 5.41) is 1.12. The van der Waals surface area contributed by atoms with E-state index in [1.54, 1.807) is 35.9 Å². The highest BCUT2D eigenvalue weighted by Gasteiger charge is 2.31. The van der Waals surface area contributed by atoms with Gasteiger partial charge in [-0.3, -0.25) is 9.59 Å². The van der Waals surface area contributed by atoms with E-state index in [-0.39, 0.29) is 11.2 Å². The molecule has 1 aliphatic carbocycles. The van der Waals surface area contributed by atoms with Crippen LogP contribution < -0.4 is 5.43 Å². The predicted molar refractivity (Wildman–Crippen MR) is 83.1 cm³/mol. The number of ketones is 1. The first-order chi connectivity index (χ1) is 10.1. The number of benzene rings is 2. The lowest BCUT2D eigenvalue weighted by Gasteiger charge is -2.11. The van der Waals surface area contributed by atoms with Crippen molar-refractivity contribution in [2.75, 3.05) is 0 Å². The van der Waals surface area contributed by atoms with Gasteiger partial charge in [0.15, 0.2) is 5.43 Å². The quantitative estimate of drug-likeness (QED) is 0.499. The second-order valence-electron chi connectivity index (χ2n) is 5.15. The van der Waals surface area contributed by atoms with Gasteiger partial charge in [0.2, 0.25) is 5.78 Å². The molecule has 0 spiro atoms. The zero-order valence-corrected chi connectivity index (χ0v) is 11.9. The van der Waals surface area contributed by atoms with Crippen LogP contribution >= 0.6 is 11.6 Å². The molecule has 0 unspecified atom stereocenters. The number of carbonyl (C=O) groups excluding carboxylic acids is 1. The molecule has 4 rings (SSSR count). The Labute approximate surface area is 125 Å². The monoisotopic (exact) mass is 295 g/mol. The smallest absolute Gasteiger partial charge is 0.210 e. The fourth-order valence-electron chi connectivity index (χ4n) is 3.05. The number of hydrogen-bond acceptors (Lipinski definition) is 2. The Kier molecular flexibility index (Phi) is 2.39. The van der Waals surface area contributed by atoms with E-state index in [1.165, 1.54) is 0 Å². The molecule has 3 nitrogen and oxygen atoms in total. The summed E-state index contributed by atoms with van der Waals surface area (Å²) in [5.74, 6) is -0.109. The van der Waals surface area contributed by atoms with E-state index in [0.717, 1.165) is 5.56 Å². The Morgan fingerprint density at radius 1 is 1.00 bits per heavy atom. The third kappa shape index (κ3) is 1.49. The van der Waals surface area contributed by atoms with Gasteiger partial charge in [0.1, 0.15) is 5.69 Å².